The maximum absolute atomic E-state index is 11.9. The molecule has 0 bridgehead atoms. The molecule has 0 saturated carbocycles. The second-order valence-electron chi connectivity index (χ2n) is 4.72. The van der Waals surface area contributed by atoms with Crippen LogP contribution in [0.4, 0.5) is 0 Å². The molecule has 0 unspecified atom stereocenters. The second-order valence-corrected chi connectivity index (χ2v) is 5.66. The smallest absolute Gasteiger partial charge is 0.239 e. The van der Waals surface area contributed by atoms with Gasteiger partial charge in [-0.05, 0) is 18.9 Å². The molecule has 1 amide bonds. The lowest BCUT2D eigenvalue weighted by molar-refractivity contribution is -0.124. The van der Waals surface area contributed by atoms with E-state index in [1.165, 1.54) is 11.8 Å². The van der Waals surface area contributed by atoms with Crippen LogP contribution in [0.1, 0.15) is 32.3 Å². The molecule has 1 saturated heterocycles. The highest BCUT2D eigenvalue weighted by molar-refractivity contribution is 8.15. The van der Waals surface area contributed by atoms with Crippen molar-refractivity contribution in [3.05, 3.63) is 35.9 Å². The molecule has 1 heterocycles. The summed E-state index contributed by atoms with van der Waals surface area (Å²) in [5.41, 5.74) is 2.10. The minimum absolute atomic E-state index is 0.0981. The molecule has 0 aromatic heterocycles. The van der Waals surface area contributed by atoms with Crippen LogP contribution in [-0.2, 0) is 11.3 Å². The fourth-order valence-electron chi connectivity index (χ4n) is 1.93. The largest absolute Gasteiger partial charge is 0.285 e. The van der Waals surface area contributed by atoms with Crippen LogP contribution in [-0.4, -0.2) is 27.4 Å². The first kappa shape index (κ1) is 14.8. The van der Waals surface area contributed by atoms with E-state index in [1.807, 2.05) is 37.3 Å². The van der Waals surface area contributed by atoms with Gasteiger partial charge in [0.2, 0.25) is 5.91 Å². The number of thioether (sulfide) groups is 1. The number of nitrogens with zero attached hydrogens (tertiary/aromatic N) is 3. The Labute approximate surface area is 124 Å². The lowest BCUT2D eigenvalue weighted by atomic mass is 10.2. The van der Waals surface area contributed by atoms with Gasteiger partial charge in [-0.25, -0.2) is 0 Å². The summed E-state index contributed by atoms with van der Waals surface area (Å²) in [6.45, 7) is 4.64. The van der Waals surface area contributed by atoms with Crippen LogP contribution in [0.2, 0.25) is 0 Å². The topological polar surface area (TPSA) is 45.0 Å². The molecule has 1 aliphatic heterocycles. The highest BCUT2D eigenvalue weighted by atomic mass is 32.2. The highest BCUT2D eigenvalue weighted by Crippen LogP contribution is 2.22. The minimum atomic E-state index is 0.0981. The number of carbonyl (C=O) groups is 1. The van der Waals surface area contributed by atoms with Crippen molar-refractivity contribution in [2.24, 2.45) is 10.2 Å². The highest BCUT2D eigenvalue weighted by Gasteiger charge is 2.28. The number of rotatable bonds is 5. The lowest BCUT2D eigenvalue weighted by Gasteiger charge is -2.15. The molecule has 1 fully saturated rings. The van der Waals surface area contributed by atoms with Crippen LogP contribution in [0.25, 0.3) is 0 Å². The van der Waals surface area contributed by atoms with Crippen molar-refractivity contribution in [2.45, 2.75) is 33.2 Å². The Bertz CT molecular complexity index is 525. The third-order valence-corrected chi connectivity index (χ3v) is 3.91. The van der Waals surface area contributed by atoms with Gasteiger partial charge in [-0.2, -0.15) is 5.10 Å². The van der Waals surface area contributed by atoms with Crippen LogP contribution < -0.4 is 0 Å². The number of hydrogen-bond acceptors (Lipinski definition) is 4. The Morgan fingerprint density at radius 3 is 2.80 bits per heavy atom. The average molecular weight is 289 g/mol. The molecule has 0 radical (unpaired) electrons. The third kappa shape index (κ3) is 3.93. The molecular weight excluding hydrogens is 270 g/mol. The van der Waals surface area contributed by atoms with Gasteiger partial charge >= 0.3 is 0 Å². The van der Waals surface area contributed by atoms with E-state index < -0.39 is 0 Å². The van der Waals surface area contributed by atoms with E-state index in [1.54, 1.807) is 4.90 Å². The summed E-state index contributed by atoms with van der Waals surface area (Å²) in [4.78, 5) is 13.6. The molecular formula is C15H19N3OS. The molecule has 0 aliphatic carbocycles. The van der Waals surface area contributed by atoms with Crippen LogP contribution in [0.3, 0.4) is 0 Å². The Kier molecular flexibility index (Phi) is 5.35. The third-order valence-electron chi connectivity index (χ3n) is 2.96. The Morgan fingerprint density at radius 2 is 2.10 bits per heavy atom. The molecule has 5 heteroatoms. The molecule has 106 valence electrons. The molecule has 1 aromatic carbocycles. The fourth-order valence-corrected chi connectivity index (χ4v) is 2.76. The SMILES string of the molecule is CCC/C(C)=N\N=C1\SCC(=O)N1Cc1ccccc1. The van der Waals surface area contributed by atoms with Crippen molar-refractivity contribution in [3.63, 3.8) is 0 Å². The van der Waals surface area contributed by atoms with E-state index >= 15 is 0 Å². The van der Waals surface area contributed by atoms with E-state index in [0.29, 0.717) is 17.5 Å². The molecule has 20 heavy (non-hydrogen) atoms. The molecule has 0 atom stereocenters. The molecule has 1 aliphatic rings. The van der Waals surface area contributed by atoms with Crippen molar-refractivity contribution in [2.75, 3.05) is 5.75 Å². The van der Waals surface area contributed by atoms with Gasteiger partial charge in [0.05, 0.1) is 12.3 Å². The number of carbonyl (C=O) groups excluding carboxylic acids is 1. The maximum Gasteiger partial charge on any atom is 0.239 e. The standard InChI is InChI=1S/C15H19N3OS/c1-3-7-12(2)16-17-15-18(14(19)11-20-15)10-13-8-5-4-6-9-13/h4-6,8-9H,3,7,10-11H2,1-2H3/b16-12-,17-15+. The summed E-state index contributed by atoms with van der Waals surface area (Å²) in [7, 11) is 0. The summed E-state index contributed by atoms with van der Waals surface area (Å²) in [6.07, 6.45) is 1.99. The van der Waals surface area contributed by atoms with Crippen molar-refractivity contribution in [1.82, 2.24) is 4.90 Å². The van der Waals surface area contributed by atoms with Crippen LogP contribution >= 0.6 is 11.8 Å². The van der Waals surface area contributed by atoms with E-state index in [0.717, 1.165) is 24.1 Å². The zero-order valence-corrected chi connectivity index (χ0v) is 12.7. The van der Waals surface area contributed by atoms with E-state index in [4.69, 9.17) is 0 Å². The molecule has 0 N–H and O–H groups in total. The quantitative estimate of drug-likeness (QED) is 0.616. The summed E-state index contributed by atoms with van der Waals surface area (Å²) in [5, 5.41) is 9.16. The Hall–Kier alpha value is -1.62. The van der Waals surface area contributed by atoms with Gasteiger partial charge in [0, 0.05) is 5.71 Å². The van der Waals surface area contributed by atoms with Crippen LogP contribution in [0.15, 0.2) is 40.5 Å². The number of benzene rings is 1. The Morgan fingerprint density at radius 1 is 1.35 bits per heavy atom. The summed E-state index contributed by atoms with van der Waals surface area (Å²) >= 11 is 1.46. The second kappa shape index (κ2) is 7.24. The molecule has 0 spiro atoms. The first-order valence-electron chi connectivity index (χ1n) is 6.79. The predicted molar refractivity (Wildman–Crippen MR) is 84.9 cm³/mol. The lowest BCUT2D eigenvalue weighted by Crippen LogP contribution is -2.28. The Balaban J connectivity index is 2.11. The molecule has 2 rings (SSSR count). The first-order chi connectivity index (χ1) is 9.70. The van der Waals surface area contributed by atoms with E-state index in [2.05, 4.69) is 17.1 Å². The summed E-state index contributed by atoms with van der Waals surface area (Å²) < 4.78 is 0. The van der Waals surface area contributed by atoms with Crippen molar-refractivity contribution < 1.29 is 4.79 Å². The van der Waals surface area contributed by atoms with Crippen molar-refractivity contribution in [1.29, 1.82) is 0 Å². The number of hydrogen-bond donors (Lipinski definition) is 0. The van der Waals surface area contributed by atoms with Gasteiger partial charge in [-0.15, -0.1) is 5.10 Å². The molecule has 1 aromatic rings. The minimum Gasteiger partial charge on any atom is -0.285 e. The summed E-state index contributed by atoms with van der Waals surface area (Å²) in [6, 6.07) is 9.95. The van der Waals surface area contributed by atoms with Gasteiger partial charge in [0.25, 0.3) is 0 Å². The number of amides is 1. The number of amidine groups is 1. The normalized spacial score (nSPS) is 18.1. The zero-order valence-electron chi connectivity index (χ0n) is 11.9. The monoisotopic (exact) mass is 289 g/mol. The van der Waals surface area contributed by atoms with Crippen molar-refractivity contribution >= 4 is 28.5 Å². The van der Waals surface area contributed by atoms with Gasteiger partial charge in [-0.1, -0.05) is 55.4 Å². The molecule has 4 nitrogen and oxygen atoms in total. The van der Waals surface area contributed by atoms with Gasteiger partial charge < -0.3 is 0 Å². The predicted octanol–water partition coefficient (Wildman–Crippen LogP) is 3.29. The maximum atomic E-state index is 11.9. The zero-order chi connectivity index (χ0) is 14.4. The van der Waals surface area contributed by atoms with Gasteiger partial charge in [-0.3, -0.25) is 9.69 Å². The van der Waals surface area contributed by atoms with Crippen LogP contribution in [0.5, 0.6) is 0 Å². The van der Waals surface area contributed by atoms with E-state index in [-0.39, 0.29) is 5.91 Å². The average Bonchev–Trinajstić information content (AvgIpc) is 2.79. The van der Waals surface area contributed by atoms with E-state index in [9.17, 15) is 4.79 Å². The fraction of sp³-hybridized carbons (Fsp3) is 0.400. The van der Waals surface area contributed by atoms with Gasteiger partial charge in [0.1, 0.15) is 0 Å². The van der Waals surface area contributed by atoms with Crippen LogP contribution in [0, 0.1) is 0 Å². The van der Waals surface area contributed by atoms with Crippen molar-refractivity contribution in [3.8, 4) is 0 Å². The van der Waals surface area contributed by atoms with Gasteiger partial charge in [0.15, 0.2) is 5.17 Å². The first-order valence-corrected chi connectivity index (χ1v) is 7.77. The summed E-state index contributed by atoms with van der Waals surface area (Å²) in [5.74, 6) is 0.550.